The molecule has 0 saturated carbocycles. The molecule has 4 N–H and O–H groups in total. The van der Waals surface area contributed by atoms with E-state index in [1.54, 1.807) is 26.8 Å². The average Bonchev–Trinajstić information content (AvgIpc) is 2.58. The van der Waals surface area contributed by atoms with E-state index in [-0.39, 0.29) is 29.8 Å². The van der Waals surface area contributed by atoms with Crippen molar-refractivity contribution in [3.63, 3.8) is 0 Å². The number of hydrogen-bond donors (Lipinski definition) is 3. The molecule has 1 rings (SSSR count). The Morgan fingerprint density at radius 3 is 2.15 bits per heavy atom. The molecule has 26 heavy (non-hydrogen) atoms. The fourth-order valence-electron chi connectivity index (χ4n) is 2.35. The Hall–Kier alpha value is -2.28. The number of nitrogens with two attached hydrogens (primary N) is 1. The Balaban J connectivity index is 2.53. The van der Waals surface area contributed by atoms with Gasteiger partial charge in [-0.2, -0.15) is 0 Å². The SMILES string of the molecule is CCCC(C)C(=O)O[C@H](C)[C@H](C)OC(=O)[C@@H](N)Cc1ccc(O)c(O)c1. The lowest BCUT2D eigenvalue weighted by Crippen LogP contribution is -2.40. The summed E-state index contributed by atoms with van der Waals surface area (Å²) in [5.74, 6) is -1.67. The van der Waals surface area contributed by atoms with E-state index in [1.807, 2.05) is 6.92 Å². The highest BCUT2D eigenvalue weighted by molar-refractivity contribution is 5.76. The van der Waals surface area contributed by atoms with Crippen LogP contribution >= 0.6 is 0 Å². The van der Waals surface area contributed by atoms with Crippen molar-refractivity contribution in [2.24, 2.45) is 11.7 Å². The van der Waals surface area contributed by atoms with Crippen molar-refractivity contribution in [2.75, 3.05) is 0 Å². The summed E-state index contributed by atoms with van der Waals surface area (Å²) >= 11 is 0. The molecule has 0 amide bonds. The van der Waals surface area contributed by atoms with Gasteiger partial charge >= 0.3 is 11.9 Å². The van der Waals surface area contributed by atoms with Gasteiger partial charge in [-0.15, -0.1) is 0 Å². The number of carbonyl (C=O) groups excluding carboxylic acids is 2. The van der Waals surface area contributed by atoms with Crippen LogP contribution in [0.25, 0.3) is 0 Å². The van der Waals surface area contributed by atoms with Crippen LogP contribution in [0.1, 0.15) is 46.1 Å². The van der Waals surface area contributed by atoms with Crippen molar-refractivity contribution in [1.29, 1.82) is 0 Å². The van der Waals surface area contributed by atoms with E-state index in [9.17, 15) is 19.8 Å². The number of ether oxygens (including phenoxy) is 2. The molecule has 1 aromatic rings. The predicted octanol–water partition coefficient (Wildman–Crippen LogP) is 2.27. The van der Waals surface area contributed by atoms with E-state index >= 15 is 0 Å². The van der Waals surface area contributed by atoms with E-state index in [4.69, 9.17) is 15.2 Å². The zero-order chi connectivity index (χ0) is 19.9. The molecule has 0 aliphatic heterocycles. The van der Waals surface area contributed by atoms with Crippen molar-refractivity contribution in [1.82, 2.24) is 0 Å². The Kier molecular flexibility index (Phi) is 8.38. The molecule has 146 valence electrons. The molecule has 7 nitrogen and oxygen atoms in total. The highest BCUT2D eigenvalue weighted by Gasteiger charge is 2.25. The van der Waals surface area contributed by atoms with E-state index in [0.717, 1.165) is 12.8 Å². The molecule has 0 aliphatic carbocycles. The number of carbonyl (C=O) groups is 2. The third-order valence-electron chi connectivity index (χ3n) is 4.19. The summed E-state index contributed by atoms with van der Waals surface area (Å²) in [6.45, 7) is 7.10. The highest BCUT2D eigenvalue weighted by Crippen LogP contribution is 2.25. The molecular formula is C19H29NO6. The van der Waals surface area contributed by atoms with Crippen molar-refractivity contribution >= 4 is 11.9 Å². The summed E-state index contributed by atoms with van der Waals surface area (Å²) < 4.78 is 10.6. The van der Waals surface area contributed by atoms with Crippen LogP contribution in [0.2, 0.25) is 0 Å². The first kappa shape index (κ1) is 21.8. The minimum atomic E-state index is -0.941. The standard InChI is InChI=1S/C19H29NO6/c1-5-6-11(2)18(23)25-12(3)13(4)26-19(24)15(20)9-14-7-8-16(21)17(22)10-14/h7-8,10-13,15,21-22H,5-6,9,20H2,1-4H3/t11?,12-,13+,15+/m1/s1. The maximum atomic E-state index is 12.1. The van der Waals surface area contributed by atoms with Gasteiger partial charge in [0.2, 0.25) is 0 Å². The molecule has 0 bridgehead atoms. The van der Waals surface area contributed by atoms with Crippen molar-refractivity contribution < 1.29 is 29.3 Å². The minimum Gasteiger partial charge on any atom is -0.504 e. The number of esters is 2. The molecule has 0 aliphatic rings. The number of benzene rings is 1. The predicted molar refractivity (Wildman–Crippen MR) is 96.6 cm³/mol. The number of rotatable bonds is 9. The van der Waals surface area contributed by atoms with E-state index in [0.29, 0.717) is 5.56 Å². The number of phenolic OH excluding ortho intramolecular Hbond substituents is 2. The fourth-order valence-corrected chi connectivity index (χ4v) is 2.35. The van der Waals surface area contributed by atoms with Gasteiger partial charge in [0.1, 0.15) is 18.2 Å². The van der Waals surface area contributed by atoms with Gasteiger partial charge in [0.05, 0.1) is 5.92 Å². The molecule has 7 heteroatoms. The molecule has 1 aromatic carbocycles. The summed E-state index contributed by atoms with van der Waals surface area (Å²) in [6, 6.07) is 3.28. The zero-order valence-corrected chi connectivity index (χ0v) is 15.8. The Labute approximate surface area is 154 Å². The number of phenols is 2. The van der Waals surface area contributed by atoms with Gasteiger partial charge in [-0.05, 0) is 44.4 Å². The smallest absolute Gasteiger partial charge is 0.323 e. The molecule has 1 unspecified atom stereocenters. The first-order valence-corrected chi connectivity index (χ1v) is 8.83. The summed E-state index contributed by atoms with van der Waals surface area (Å²) in [5, 5.41) is 18.8. The normalized spacial score (nSPS) is 15.6. The Morgan fingerprint density at radius 2 is 1.62 bits per heavy atom. The van der Waals surface area contributed by atoms with Crippen LogP contribution in [0.5, 0.6) is 11.5 Å². The second-order valence-corrected chi connectivity index (χ2v) is 6.61. The maximum absolute atomic E-state index is 12.1. The lowest BCUT2D eigenvalue weighted by molar-refractivity contribution is -0.168. The van der Waals surface area contributed by atoms with Gasteiger partial charge in [0, 0.05) is 0 Å². The number of aromatic hydroxyl groups is 2. The first-order valence-electron chi connectivity index (χ1n) is 8.83. The summed E-state index contributed by atoms with van der Waals surface area (Å²) in [6.07, 6.45) is 0.539. The molecule has 0 heterocycles. The molecule has 0 fully saturated rings. The second kappa shape index (κ2) is 10.0. The van der Waals surface area contributed by atoms with Crippen molar-refractivity contribution in [2.45, 2.75) is 65.2 Å². The zero-order valence-electron chi connectivity index (χ0n) is 15.8. The van der Waals surface area contributed by atoms with E-state index < -0.39 is 24.2 Å². The topological polar surface area (TPSA) is 119 Å². The third kappa shape index (κ3) is 6.55. The van der Waals surface area contributed by atoms with Crippen LogP contribution in [0.15, 0.2) is 18.2 Å². The monoisotopic (exact) mass is 367 g/mol. The maximum Gasteiger partial charge on any atom is 0.323 e. The van der Waals surface area contributed by atoms with E-state index in [1.165, 1.54) is 12.1 Å². The minimum absolute atomic E-state index is 0.140. The van der Waals surface area contributed by atoms with Crippen LogP contribution in [-0.2, 0) is 25.5 Å². The first-order chi connectivity index (χ1) is 12.1. The molecule has 0 aromatic heterocycles. The van der Waals surface area contributed by atoms with Gasteiger partial charge < -0.3 is 25.4 Å². The summed E-state index contributed by atoms with van der Waals surface area (Å²) in [5.41, 5.74) is 6.44. The van der Waals surface area contributed by atoms with Gasteiger partial charge in [0.15, 0.2) is 11.5 Å². The lowest BCUT2D eigenvalue weighted by Gasteiger charge is -2.23. The molecule has 0 spiro atoms. The van der Waals surface area contributed by atoms with Crippen LogP contribution < -0.4 is 5.73 Å². The van der Waals surface area contributed by atoms with E-state index in [2.05, 4.69) is 0 Å². The largest absolute Gasteiger partial charge is 0.504 e. The van der Waals surface area contributed by atoms with Crippen LogP contribution in [0.3, 0.4) is 0 Å². The van der Waals surface area contributed by atoms with Crippen molar-refractivity contribution in [3.05, 3.63) is 23.8 Å². The highest BCUT2D eigenvalue weighted by atomic mass is 16.6. The van der Waals surface area contributed by atoms with Gasteiger partial charge in [0.25, 0.3) is 0 Å². The third-order valence-corrected chi connectivity index (χ3v) is 4.19. The quantitative estimate of drug-likeness (QED) is 0.452. The number of hydrogen-bond acceptors (Lipinski definition) is 7. The van der Waals surface area contributed by atoms with Gasteiger partial charge in [-0.3, -0.25) is 9.59 Å². The van der Waals surface area contributed by atoms with Crippen LogP contribution in [0, 0.1) is 5.92 Å². The average molecular weight is 367 g/mol. The molecule has 4 atom stereocenters. The molecule has 0 saturated heterocycles. The van der Waals surface area contributed by atoms with Gasteiger partial charge in [-0.1, -0.05) is 26.3 Å². The Bertz CT molecular complexity index is 618. The van der Waals surface area contributed by atoms with Crippen LogP contribution in [0.4, 0.5) is 0 Å². The molecule has 0 radical (unpaired) electrons. The summed E-state index contributed by atoms with van der Waals surface area (Å²) in [4.78, 5) is 24.1. The van der Waals surface area contributed by atoms with Crippen LogP contribution in [-0.4, -0.2) is 40.4 Å². The molecular weight excluding hydrogens is 338 g/mol. The van der Waals surface area contributed by atoms with Gasteiger partial charge in [-0.25, -0.2) is 0 Å². The van der Waals surface area contributed by atoms with Crippen molar-refractivity contribution in [3.8, 4) is 11.5 Å². The fraction of sp³-hybridized carbons (Fsp3) is 0.579. The Morgan fingerprint density at radius 1 is 1.04 bits per heavy atom. The second-order valence-electron chi connectivity index (χ2n) is 6.61. The lowest BCUT2D eigenvalue weighted by atomic mass is 10.1. The summed E-state index contributed by atoms with van der Waals surface area (Å²) in [7, 11) is 0.